The Morgan fingerprint density at radius 1 is 1.15 bits per heavy atom. The van der Waals surface area contributed by atoms with Crippen LogP contribution in [0.3, 0.4) is 0 Å². The number of nitrogens with one attached hydrogen (secondary N) is 1. The maximum absolute atomic E-state index is 12.4. The van der Waals surface area contributed by atoms with E-state index in [1.807, 2.05) is 12.1 Å². The summed E-state index contributed by atoms with van der Waals surface area (Å²) < 4.78 is 32.6. The Balaban J connectivity index is 1.58. The minimum Gasteiger partial charge on any atom is -0.497 e. The van der Waals surface area contributed by atoms with Crippen LogP contribution in [-0.2, 0) is 10.0 Å². The van der Waals surface area contributed by atoms with Gasteiger partial charge in [-0.1, -0.05) is 23.7 Å². The van der Waals surface area contributed by atoms with Crippen LogP contribution >= 0.6 is 11.6 Å². The second-order valence-corrected chi connectivity index (χ2v) is 8.52. The highest BCUT2D eigenvalue weighted by Crippen LogP contribution is 2.32. The van der Waals surface area contributed by atoms with Gasteiger partial charge in [0, 0.05) is 24.2 Å². The highest BCUT2D eigenvalue weighted by molar-refractivity contribution is 7.89. The fraction of sp³-hybridized carbons (Fsp3) is 0.368. The highest BCUT2D eigenvalue weighted by Gasteiger charge is 2.26. The van der Waals surface area contributed by atoms with Crippen LogP contribution in [0.2, 0.25) is 5.02 Å². The molecule has 1 aliphatic rings. The van der Waals surface area contributed by atoms with Gasteiger partial charge in [0.1, 0.15) is 5.75 Å². The summed E-state index contributed by atoms with van der Waals surface area (Å²) in [7, 11) is -1.86. The van der Waals surface area contributed by atoms with Crippen molar-refractivity contribution < 1.29 is 13.2 Å². The fourth-order valence-corrected chi connectivity index (χ4v) is 4.47. The summed E-state index contributed by atoms with van der Waals surface area (Å²) in [5.74, 6) is 0.842. The molecule has 3 rings (SSSR count). The van der Waals surface area contributed by atoms with E-state index < -0.39 is 10.0 Å². The molecule has 1 saturated heterocycles. The average Bonchev–Trinajstić information content (AvgIpc) is 3.10. The van der Waals surface area contributed by atoms with Gasteiger partial charge in [-0.3, -0.25) is 4.90 Å². The zero-order valence-electron chi connectivity index (χ0n) is 14.7. The standard InChI is InChI=1S/C19H23ClN2O3S/c1-25-17-8-4-15(5-9-17)19-3-2-13-22(19)14-12-21-26(23,24)18-10-6-16(20)7-11-18/h4-11,19,21H,2-3,12-14H2,1H3. The molecule has 1 unspecified atom stereocenters. The molecule has 140 valence electrons. The minimum atomic E-state index is -3.51. The van der Waals surface area contributed by atoms with E-state index in [0.29, 0.717) is 24.2 Å². The van der Waals surface area contributed by atoms with Crippen molar-refractivity contribution in [2.24, 2.45) is 0 Å². The Kier molecular flexibility index (Phi) is 6.19. The molecule has 0 aromatic heterocycles. The molecule has 0 saturated carbocycles. The predicted molar refractivity (Wildman–Crippen MR) is 103 cm³/mol. The molecule has 1 N–H and O–H groups in total. The Bertz CT molecular complexity index is 823. The van der Waals surface area contributed by atoms with Crippen molar-refractivity contribution >= 4 is 21.6 Å². The van der Waals surface area contributed by atoms with Gasteiger partial charge in [0.25, 0.3) is 0 Å². The topological polar surface area (TPSA) is 58.6 Å². The van der Waals surface area contributed by atoms with Crippen LogP contribution in [-0.4, -0.2) is 40.1 Å². The largest absolute Gasteiger partial charge is 0.497 e. The molecular formula is C19H23ClN2O3S. The van der Waals surface area contributed by atoms with E-state index in [9.17, 15) is 8.42 Å². The van der Waals surface area contributed by atoms with Crippen LogP contribution in [0.15, 0.2) is 53.4 Å². The van der Waals surface area contributed by atoms with E-state index in [1.165, 1.54) is 17.7 Å². The van der Waals surface area contributed by atoms with Crippen LogP contribution in [0.4, 0.5) is 0 Å². The summed E-state index contributed by atoms with van der Waals surface area (Å²) in [5, 5.41) is 0.517. The smallest absolute Gasteiger partial charge is 0.240 e. The first-order valence-electron chi connectivity index (χ1n) is 8.63. The molecule has 1 heterocycles. The predicted octanol–water partition coefficient (Wildman–Crippen LogP) is 3.46. The molecule has 0 aliphatic carbocycles. The first-order valence-corrected chi connectivity index (χ1v) is 10.5. The molecule has 1 fully saturated rings. The molecule has 5 nitrogen and oxygen atoms in total. The number of nitrogens with zero attached hydrogens (tertiary/aromatic N) is 1. The van der Waals surface area contributed by atoms with Gasteiger partial charge < -0.3 is 4.74 Å². The Morgan fingerprint density at radius 3 is 2.50 bits per heavy atom. The highest BCUT2D eigenvalue weighted by atomic mass is 35.5. The van der Waals surface area contributed by atoms with Crippen molar-refractivity contribution in [3.63, 3.8) is 0 Å². The van der Waals surface area contributed by atoms with E-state index in [2.05, 4.69) is 21.8 Å². The summed E-state index contributed by atoms with van der Waals surface area (Å²) in [4.78, 5) is 2.56. The summed E-state index contributed by atoms with van der Waals surface area (Å²) in [6.45, 7) is 2.01. The van der Waals surface area contributed by atoms with E-state index in [-0.39, 0.29) is 4.90 Å². The van der Waals surface area contributed by atoms with Crippen LogP contribution in [0.1, 0.15) is 24.4 Å². The van der Waals surface area contributed by atoms with Gasteiger partial charge in [-0.05, 0) is 61.3 Å². The number of ether oxygens (including phenoxy) is 1. The van der Waals surface area contributed by atoms with Crippen molar-refractivity contribution in [1.29, 1.82) is 0 Å². The van der Waals surface area contributed by atoms with Crippen molar-refractivity contribution in [3.05, 3.63) is 59.1 Å². The van der Waals surface area contributed by atoms with E-state index >= 15 is 0 Å². The molecule has 0 radical (unpaired) electrons. The molecule has 2 aromatic carbocycles. The van der Waals surface area contributed by atoms with Crippen molar-refractivity contribution in [2.75, 3.05) is 26.7 Å². The number of rotatable bonds is 7. The number of hydrogen-bond acceptors (Lipinski definition) is 4. The summed E-state index contributed by atoms with van der Waals surface area (Å²) >= 11 is 5.82. The number of hydrogen-bond donors (Lipinski definition) is 1. The molecule has 26 heavy (non-hydrogen) atoms. The fourth-order valence-electron chi connectivity index (χ4n) is 3.32. The first-order chi connectivity index (χ1) is 12.5. The number of halogens is 1. The third kappa shape index (κ3) is 4.57. The van der Waals surface area contributed by atoms with Gasteiger partial charge in [0.2, 0.25) is 10.0 Å². The van der Waals surface area contributed by atoms with Gasteiger partial charge in [0.05, 0.1) is 12.0 Å². The Labute approximate surface area is 160 Å². The van der Waals surface area contributed by atoms with Crippen LogP contribution in [0, 0.1) is 0 Å². The lowest BCUT2D eigenvalue weighted by atomic mass is 10.0. The molecule has 7 heteroatoms. The van der Waals surface area contributed by atoms with Crippen molar-refractivity contribution in [3.8, 4) is 5.75 Å². The summed E-state index contributed by atoms with van der Waals surface area (Å²) in [5.41, 5.74) is 1.24. The third-order valence-corrected chi connectivity index (χ3v) is 6.41. The second kappa shape index (κ2) is 8.39. The second-order valence-electron chi connectivity index (χ2n) is 6.32. The molecular weight excluding hydrogens is 372 g/mol. The van der Waals surface area contributed by atoms with Gasteiger partial charge in [-0.2, -0.15) is 0 Å². The lowest BCUT2D eigenvalue weighted by Gasteiger charge is -2.25. The van der Waals surface area contributed by atoms with Crippen molar-refractivity contribution in [1.82, 2.24) is 9.62 Å². The normalized spacial score (nSPS) is 18.2. The molecule has 1 aliphatic heterocycles. The van der Waals surface area contributed by atoms with Crippen LogP contribution in [0.25, 0.3) is 0 Å². The van der Waals surface area contributed by atoms with Crippen LogP contribution in [0.5, 0.6) is 5.75 Å². The van der Waals surface area contributed by atoms with Crippen LogP contribution < -0.4 is 9.46 Å². The Morgan fingerprint density at radius 2 is 1.85 bits per heavy atom. The quantitative estimate of drug-likeness (QED) is 0.781. The first kappa shape index (κ1) is 19.2. The van der Waals surface area contributed by atoms with Crippen molar-refractivity contribution in [2.45, 2.75) is 23.8 Å². The maximum atomic E-state index is 12.4. The number of methoxy groups -OCH3 is 1. The van der Waals surface area contributed by atoms with Gasteiger partial charge >= 0.3 is 0 Å². The van der Waals surface area contributed by atoms with Gasteiger partial charge in [-0.15, -0.1) is 0 Å². The molecule has 1 atom stereocenters. The summed E-state index contributed by atoms with van der Waals surface area (Å²) in [6, 6.07) is 14.6. The summed E-state index contributed by atoms with van der Waals surface area (Å²) in [6.07, 6.45) is 2.19. The number of sulfonamides is 1. The number of benzene rings is 2. The van der Waals surface area contributed by atoms with E-state index in [0.717, 1.165) is 25.1 Å². The zero-order chi connectivity index (χ0) is 18.6. The molecule has 0 bridgehead atoms. The molecule has 0 amide bonds. The maximum Gasteiger partial charge on any atom is 0.240 e. The molecule has 2 aromatic rings. The van der Waals surface area contributed by atoms with E-state index in [1.54, 1.807) is 19.2 Å². The zero-order valence-corrected chi connectivity index (χ0v) is 16.3. The average molecular weight is 395 g/mol. The van der Waals surface area contributed by atoms with Gasteiger partial charge in [-0.25, -0.2) is 13.1 Å². The third-order valence-electron chi connectivity index (χ3n) is 4.68. The minimum absolute atomic E-state index is 0.232. The lowest BCUT2D eigenvalue weighted by molar-refractivity contribution is 0.261. The van der Waals surface area contributed by atoms with E-state index in [4.69, 9.17) is 16.3 Å². The van der Waals surface area contributed by atoms with Gasteiger partial charge in [0.15, 0.2) is 0 Å². The Hall–Kier alpha value is -1.60. The SMILES string of the molecule is COc1ccc(C2CCCN2CCNS(=O)(=O)c2ccc(Cl)cc2)cc1. The monoisotopic (exact) mass is 394 g/mol. The number of likely N-dealkylation sites (tertiary alicyclic amines) is 1. The lowest BCUT2D eigenvalue weighted by Crippen LogP contribution is -2.34. The molecule has 0 spiro atoms.